The number of nitriles is 2. The number of H-pyrrole nitrogens is 2. The summed E-state index contributed by atoms with van der Waals surface area (Å²) < 4.78 is 129. The monoisotopic (exact) mass is 2110 g/mol. The highest BCUT2D eigenvalue weighted by Crippen LogP contribution is 2.63. The summed E-state index contributed by atoms with van der Waals surface area (Å²) in [4.78, 5) is 154. The third-order valence-corrected chi connectivity index (χ3v) is 35.2. The van der Waals surface area contributed by atoms with E-state index in [2.05, 4.69) is 95.0 Å². The quantitative estimate of drug-likeness (QED) is 0.00989. The molecule has 4 amide bonds. The van der Waals surface area contributed by atoms with Crippen LogP contribution in [0.1, 0.15) is 112 Å². The van der Waals surface area contributed by atoms with E-state index >= 15 is 4.57 Å². The number of nitrogens with zero attached hydrogens (tertiary/aromatic N) is 17. The summed E-state index contributed by atoms with van der Waals surface area (Å²) in [6, 6.07) is 26.7. The van der Waals surface area contributed by atoms with Crippen LogP contribution in [0.4, 0.5) is 28.3 Å². The largest absolute Gasteiger partial charge is 0.506 e. The number of fused-ring (bicyclic) bond motifs is 8. The van der Waals surface area contributed by atoms with Crippen LogP contribution in [0.5, 0.6) is 0 Å². The predicted molar refractivity (Wildman–Crippen MR) is 522 cm³/mol. The molecule has 0 saturated carbocycles. The Morgan fingerprint density at radius 1 is 0.711 bits per heavy atom. The average molecular weight is 2120 g/mol. The summed E-state index contributed by atoms with van der Waals surface area (Å²) in [7, 11) is -12.9. The summed E-state index contributed by atoms with van der Waals surface area (Å²) in [5.41, 5.74) is -2.70. The molecule has 11 aromatic rings. The number of thioether (sulfide) groups is 2. The molecule has 0 spiro atoms. The summed E-state index contributed by atoms with van der Waals surface area (Å²) in [6.07, 6.45) is -0.454. The minimum Gasteiger partial charge on any atom is -0.450 e. The lowest BCUT2D eigenvalue weighted by Crippen LogP contribution is -2.50. The number of hydrogen-bond donors (Lipinski definition) is 10. The number of aliphatic hydroxyl groups excluding tert-OH is 1. The fraction of sp³-hybridized carbons (Fsp3) is 0.476. The number of phosphoric ester groups is 2. The summed E-state index contributed by atoms with van der Waals surface area (Å²) in [5, 5.41) is 46.9. The molecular weight excluding hydrogens is 2010 g/mol. The van der Waals surface area contributed by atoms with E-state index in [0.717, 1.165) is 11.8 Å². The van der Waals surface area contributed by atoms with Crippen LogP contribution in [0.3, 0.4) is 0 Å². The molecule has 0 radical (unpaired) electrons. The maximum Gasteiger partial charge on any atom is 0.506 e. The molecule has 7 saturated heterocycles. The zero-order valence-corrected chi connectivity index (χ0v) is 85.5. The fourth-order valence-electron chi connectivity index (χ4n) is 15.6. The van der Waals surface area contributed by atoms with Crippen LogP contribution in [0, 0.1) is 40.4 Å². The maximum absolute atomic E-state index is 15.0. The Labute approximate surface area is 825 Å². The van der Waals surface area contributed by atoms with Crippen molar-refractivity contribution < 1.29 is 113 Å². The van der Waals surface area contributed by atoms with Crippen molar-refractivity contribution in [1.29, 1.82) is 11.8 Å². The number of nitrogens with one attached hydrogen (secondary N) is 6. The van der Waals surface area contributed by atoms with Crippen molar-refractivity contribution in [2.24, 2.45) is 17.8 Å². The summed E-state index contributed by atoms with van der Waals surface area (Å²) in [5.74, 6) is -2.89. The minimum atomic E-state index is -4.81. The number of pyridine rings is 1. The van der Waals surface area contributed by atoms with E-state index in [9.17, 15) is 63.8 Å². The Kier molecular flexibility index (Phi) is 34.2. The van der Waals surface area contributed by atoms with Crippen molar-refractivity contribution in [1.82, 2.24) is 89.2 Å². The molecule has 9 aromatic heterocycles. The molecular formula is C84H105N24O26P5S2Si. The van der Waals surface area contributed by atoms with Crippen molar-refractivity contribution in [2.45, 2.75) is 174 Å². The number of carboxylic acid groups (broad SMARTS) is 1. The predicted octanol–water partition coefficient (Wildman–Crippen LogP) is 11.1. The Bertz CT molecular complexity index is 6690. The van der Waals surface area contributed by atoms with E-state index in [1.165, 1.54) is 58.9 Å². The second kappa shape index (κ2) is 45.9. The Hall–Kier alpha value is -10.5. The van der Waals surface area contributed by atoms with E-state index in [1.807, 2.05) is 77.8 Å². The molecule has 7 aliphatic rings. The first-order valence-electron chi connectivity index (χ1n) is 44.4. The molecule has 5 unspecified atom stereocenters. The second-order valence-electron chi connectivity index (χ2n) is 34.9. The first-order valence-corrected chi connectivity index (χ1v) is 55.8. The molecule has 0 aliphatic carbocycles. The van der Waals surface area contributed by atoms with Crippen molar-refractivity contribution >= 4 is 171 Å². The van der Waals surface area contributed by atoms with Crippen molar-refractivity contribution in [3.8, 4) is 12.1 Å². The normalized spacial score (nSPS) is 26.8. The van der Waals surface area contributed by atoms with Gasteiger partial charge < -0.3 is 69.0 Å². The number of rotatable bonds is 27. The van der Waals surface area contributed by atoms with Crippen LogP contribution >= 0.6 is 64.9 Å². The number of imidazole rings is 4. The van der Waals surface area contributed by atoms with Gasteiger partial charge in [0.05, 0.1) is 116 Å². The molecule has 58 heteroatoms. The molecule has 2 aromatic carbocycles. The summed E-state index contributed by atoms with van der Waals surface area (Å²) in [6.45, 7) is 17.5. The van der Waals surface area contributed by atoms with Crippen molar-refractivity contribution in [3.05, 3.63) is 161 Å². The van der Waals surface area contributed by atoms with Crippen molar-refractivity contribution in [2.75, 3.05) is 80.8 Å². The molecule has 12 N–H and O–H groups in total. The first kappa shape index (κ1) is 106. The van der Waals surface area contributed by atoms with Gasteiger partial charge in [-0.3, -0.25) is 99.8 Å². The van der Waals surface area contributed by atoms with Gasteiger partial charge in [0.25, 0.3) is 22.9 Å². The number of aliphatic hydroxyl groups is 1. The van der Waals surface area contributed by atoms with Crippen LogP contribution in [-0.4, -0.2) is 261 Å². The Morgan fingerprint density at radius 3 is 1.75 bits per heavy atom. The third-order valence-electron chi connectivity index (χ3n) is 23.8. The number of aromatic nitrogens is 17. The van der Waals surface area contributed by atoms with Crippen LogP contribution in [-0.2, 0) is 83.0 Å². The highest BCUT2D eigenvalue weighted by Gasteiger charge is 2.68. The number of benzene rings is 2. The highest BCUT2D eigenvalue weighted by molar-refractivity contribution is 8.02. The topological polar surface area (TPSA) is 667 Å². The SMILES string of the molecule is CC(C)C(=O)Nc1nc2c(ncn2[C@@H]2S[C@@H]3COP(=O)(OCCC#N)O[C@H]4[C@H]5OC[C@]4(COP(O)O[C@@H]2[C@@H]3C)O[C@H]5n2cnc3c(NC(=O)c4ccccc4)ncnc32)c(=O)[nH]1.CC(C)C(=O)Nc1nc2c(ncn2[C@@H]2S[C@H](COP(=O)(OCCC#N)O[C@H]3[C@H]4OC[C@]3(CO)O[C@H]4n3cnc4c(NC(=O)c5ccccc5)ncnc43)[C@@H](O[Si](C)(C)C(C)(C)C)[C@H]2OC(=O)O)c(=O)[nH]1.N.[2H]P(C)P.c1ccncc1. The Morgan fingerprint density at radius 2 is 1.23 bits per heavy atom. The minimum absolute atomic E-state index is 0. The van der Waals surface area contributed by atoms with Gasteiger partial charge in [-0.2, -0.15) is 20.5 Å². The number of ether oxygens (including phenoxy) is 5. The van der Waals surface area contributed by atoms with Gasteiger partial charge in [-0.25, -0.2) is 53.8 Å². The van der Waals surface area contributed by atoms with Gasteiger partial charge >= 0.3 is 30.4 Å². The third kappa shape index (κ3) is 23.4. The molecule has 142 heavy (non-hydrogen) atoms. The number of anilines is 4. The Balaban J connectivity index is 0.000000206. The van der Waals surface area contributed by atoms with Gasteiger partial charge in [-0.1, -0.05) is 97.9 Å². The molecule has 7 fully saturated rings. The molecule has 16 heterocycles. The van der Waals surface area contributed by atoms with Crippen molar-refractivity contribution in [3.63, 3.8) is 0 Å². The highest BCUT2D eigenvalue weighted by atomic mass is 32.2. The number of aromatic amines is 2. The lowest BCUT2D eigenvalue weighted by Gasteiger charge is -2.40. The number of carbonyl (C=O) groups excluding carboxylic acids is 4. The molecule has 18 rings (SSSR count). The van der Waals surface area contributed by atoms with Crippen LogP contribution in [0.2, 0.25) is 18.1 Å². The van der Waals surface area contributed by atoms with Gasteiger partial charge in [0.2, 0.25) is 23.7 Å². The van der Waals surface area contributed by atoms with Gasteiger partial charge in [0.1, 0.15) is 65.1 Å². The van der Waals surface area contributed by atoms with E-state index in [4.69, 9.17) is 65.6 Å². The fourth-order valence-corrected chi connectivity index (χ4v) is 24.3. The molecule has 758 valence electrons. The lowest BCUT2D eigenvalue weighted by atomic mass is 10.0. The molecule has 7 aliphatic heterocycles. The number of amides is 4. The molecule has 6 bridgehead atoms. The smallest absolute Gasteiger partial charge is 0.450 e. The summed E-state index contributed by atoms with van der Waals surface area (Å²) >= 11 is 2.42. The van der Waals surface area contributed by atoms with E-state index in [1.54, 1.807) is 110 Å². The zero-order chi connectivity index (χ0) is 101. The second-order valence-corrected chi connectivity index (χ2v) is 48.7. The average Bonchev–Trinajstić information content (AvgIpc) is 1.56. The van der Waals surface area contributed by atoms with E-state index in [-0.39, 0.29) is 120 Å². The van der Waals surface area contributed by atoms with Crippen LogP contribution in [0.25, 0.3) is 44.7 Å². The van der Waals surface area contributed by atoms with E-state index in [0.29, 0.717) is 11.1 Å². The maximum atomic E-state index is 15.0. The van der Waals surface area contributed by atoms with Gasteiger partial charge in [-0.05, 0) is 67.1 Å². The first-order chi connectivity index (χ1) is 67.8. The van der Waals surface area contributed by atoms with E-state index < -0.39 is 213 Å². The lowest BCUT2D eigenvalue weighted by molar-refractivity contribution is -0.185. The number of phosphoric acid groups is 2. The van der Waals surface area contributed by atoms with Gasteiger partial charge in [0.15, 0.2) is 83.2 Å². The van der Waals surface area contributed by atoms with Gasteiger partial charge in [0, 0.05) is 40.6 Å². The van der Waals surface area contributed by atoms with Crippen LogP contribution < -0.4 is 38.5 Å². The molecule has 50 nitrogen and oxygen atoms in total. The standard InChI is InChI=1S/C42H52N11O14PSSi.C36H39N11O12P2S.C5H5N.CH6P2.H3N/c1-22(2)34(55)50-39-49-33-26(36(57)51-39)47-21-53(33)38-28(64-40(58)59)27(67-70(6,7)41(3,4)5)24(69-38)16-63-68(60,62-15-11-14-43)66-30-29-37(65-42(30,17-54)18-61-29)52-20-46-25-31(44-19-45-32(25)52)48-35(56)23-12-9-8-10-13-23;1-18(2)30(48)44-35-43-29-23(32(50)45-35)41-17-47(29)34-24-19(3)21(62-34)12-56-61(52,55-11-7-10-37)59-26-25-33(57-36(26,13-53-25)14-54-60(51)58-24)46-16-40-22-27(38-15-39-28(22)46)42-31(49)20-8-5-4-6-9-20;1-2-4-6-5-3-1;1-3-2;/h8-10,12-13,19-22,24,27-30,37-38,54H,11,15-18H2,1-7H3,(H,58,59)(H,44,45,48,56)(H2,49,50,51,55,57);4-6,8-9,15-19,21,24-26,33-34,51H,7,11-14H2,1-3H3,(H,38,39,42,49)(H2,43,44,45,48,50);1-5H;3H,2H2,1H3;1H3/t24-,27-,28-,29-,30+,37-,38-,42+,68?;19-,21-,24-,25-,26+,33-,34-,36-,60?,61?;;;/m11.../s1/i;;;3D;. The van der Waals surface area contributed by atoms with Gasteiger partial charge in [-0.15, -0.1) is 40.7 Å². The number of hydrogen-bond acceptors (Lipinski definition) is 41. The number of carbonyl (C=O) groups is 5. The van der Waals surface area contributed by atoms with Crippen LogP contribution in [0.15, 0.2) is 139 Å². The molecule has 21 atom stereocenters. The zero-order valence-electron chi connectivity index (χ0n) is 79.2.